The molecule has 1 aromatic carbocycles. The molecule has 6 nitrogen and oxygen atoms in total. The number of halogens is 3. The van der Waals surface area contributed by atoms with Gasteiger partial charge in [0.25, 0.3) is 0 Å². The normalized spacial score (nSPS) is 19.1. The van der Waals surface area contributed by atoms with Crippen molar-refractivity contribution >= 4 is 17.6 Å². The zero-order valence-corrected chi connectivity index (χ0v) is 20.0. The minimum atomic E-state index is -4.40. The van der Waals surface area contributed by atoms with Gasteiger partial charge in [-0.25, -0.2) is 9.78 Å². The summed E-state index contributed by atoms with van der Waals surface area (Å²) >= 11 is 0. The summed E-state index contributed by atoms with van der Waals surface area (Å²) < 4.78 is 44.3. The lowest BCUT2D eigenvalue weighted by Gasteiger charge is -2.42. The van der Waals surface area contributed by atoms with E-state index in [4.69, 9.17) is 4.74 Å². The highest BCUT2D eigenvalue weighted by Crippen LogP contribution is 2.34. The summed E-state index contributed by atoms with van der Waals surface area (Å²) in [5, 5.41) is 0. The van der Waals surface area contributed by atoms with Crippen LogP contribution in [0.5, 0.6) is 0 Å². The van der Waals surface area contributed by atoms with Gasteiger partial charge in [-0.3, -0.25) is 0 Å². The molecule has 0 bridgehead atoms. The number of ether oxygens (including phenoxy) is 1. The number of carbonyl (C=O) groups is 1. The van der Waals surface area contributed by atoms with Crippen LogP contribution in [0.2, 0.25) is 0 Å². The van der Waals surface area contributed by atoms with Crippen molar-refractivity contribution in [3.05, 3.63) is 53.2 Å². The molecule has 0 spiro atoms. The van der Waals surface area contributed by atoms with Gasteiger partial charge in [-0.15, -0.1) is 0 Å². The van der Waals surface area contributed by atoms with Gasteiger partial charge in [0.15, 0.2) is 0 Å². The van der Waals surface area contributed by atoms with Crippen LogP contribution in [0.1, 0.15) is 44.4 Å². The first-order valence-electron chi connectivity index (χ1n) is 11.6. The number of nitrogens with zero attached hydrogens (tertiary/aromatic N) is 4. The summed E-state index contributed by atoms with van der Waals surface area (Å²) in [5.74, 6) is 0.538. The molecule has 9 heteroatoms. The topological polar surface area (TPSA) is 48.9 Å². The molecule has 0 aliphatic carbocycles. The van der Waals surface area contributed by atoms with Crippen molar-refractivity contribution in [3.8, 4) is 0 Å². The second kappa shape index (κ2) is 9.00. The van der Waals surface area contributed by atoms with Crippen LogP contribution in [0.15, 0.2) is 36.5 Å². The number of alkyl halides is 3. The Hall–Kier alpha value is -2.97. The quantitative estimate of drug-likeness (QED) is 0.603. The predicted octanol–water partition coefficient (Wildman–Crippen LogP) is 5.11. The minimum Gasteiger partial charge on any atom is -0.444 e. The summed E-state index contributed by atoms with van der Waals surface area (Å²) in [7, 11) is 0. The Morgan fingerprint density at radius 3 is 2.44 bits per heavy atom. The Bertz CT molecular complexity index is 1030. The van der Waals surface area contributed by atoms with Crippen molar-refractivity contribution in [2.75, 3.05) is 36.0 Å². The van der Waals surface area contributed by atoms with Gasteiger partial charge < -0.3 is 19.4 Å². The average molecular weight is 477 g/mol. The van der Waals surface area contributed by atoms with E-state index in [1.54, 1.807) is 4.90 Å². The molecule has 1 aromatic heterocycles. The highest BCUT2D eigenvalue weighted by molar-refractivity contribution is 5.69. The molecule has 2 aliphatic heterocycles. The highest BCUT2D eigenvalue weighted by Gasteiger charge is 2.33. The maximum absolute atomic E-state index is 12.9. The molecule has 3 heterocycles. The van der Waals surface area contributed by atoms with E-state index in [1.165, 1.54) is 11.6 Å². The summed E-state index contributed by atoms with van der Waals surface area (Å²) in [6.07, 6.45) is -3.01. The smallest absolute Gasteiger partial charge is 0.417 e. The number of carbonyl (C=O) groups excluding carboxylic acids is 1. The third-order valence-electron chi connectivity index (χ3n) is 6.24. The molecule has 1 amide bonds. The highest BCUT2D eigenvalue weighted by atomic mass is 19.4. The first kappa shape index (κ1) is 24.2. The van der Waals surface area contributed by atoms with E-state index in [0.717, 1.165) is 29.9 Å². The number of hydrogen-bond acceptors (Lipinski definition) is 5. The molecular weight excluding hydrogens is 445 g/mol. The van der Waals surface area contributed by atoms with Crippen LogP contribution in [0.4, 0.5) is 29.5 Å². The molecule has 1 atom stereocenters. The van der Waals surface area contributed by atoms with Crippen molar-refractivity contribution in [2.24, 2.45) is 0 Å². The van der Waals surface area contributed by atoms with E-state index in [0.29, 0.717) is 38.5 Å². The third-order valence-corrected chi connectivity index (χ3v) is 6.24. The van der Waals surface area contributed by atoms with E-state index >= 15 is 0 Å². The number of hydrogen-bond donors (Lipinski definition) is 0. The number of benzene rings is 1. The van der Waals surface area contributed by atoms with Gasteiger partial charge in [-0.1, -0.05) is 12.1 Å². The van der Waals surface area contributed by atoms with E-state index in [2.05, 4.69) is 22.0 Å². The molecular formula is C25H31F3N4O2. The van der Waals surface area contributed by atoms with E-state index in [-0.39, 0.29) is 12.1 Å². The van der Waals surface area contributed by atoms with Gasteiger partial charge in [0.2, 0.25) is 0 Å². The summed E-state index contributed by atoms with van der Waals surface area (Å²) in [6, 6.07) is 8.75. The van der Waals surface area contributed by atoms with Crippen LogP contribution < -0.4 is 9.80 Å². The Morgan fingerprint density at radius 2 is 1.82 bits per heavy atom. The predicted molar refractivity (Wildman–Crippen MR) is 125 cm³/mol. The molecule has 1 fully saturated rings. The maximum atomic E-state index is 12.9. The van der Waals surface area contributed by atoms with Crippen molar-refractivity contribution in [3.63, 3.8) is 0 Å². The second-order valence-corrected chi connectivity index (χ2v) is 9.96. The molecule has 0 radical (unpaired) electrons. The number of aromatic nitrogens is 1. The fourth-order valence-electron chi connectivity index (χ4n) is 4.56. The molecule has 2 aromatic rings. The third kappa shape index (κ3) is 5.23. The average Bonchev–Trinajstić information content (AvgIpc) is 2.76. The monoisotopic (exact) mass is 476 g/mol. The standard InChI is InChI=1S/C25H31F3N4O2/c1-17-15-30(12-13-32(17)23(33)34-24(2,3)4)21-7-5-6-18-10-11-31(16-20(18)21)22-9-8-19(14-29-22)25(26,27)28/h5-9,14,17H,10-13,15-16H2,1-4H3/t17-/m1/s1. The lowest BCUT2D eigenvalue weighted by molar-refractivity contribution is -0.137. The molecule has 34 heavy (non-hydrogen) atoms. The fraction of sp³-hybridized carbons (Fsp3) is 0.520. The molecule has 184 valence electrons. The van der Waals surface area contributed by atoms with Crippen LogP contribution in [0.3, 0.4) is 0 Å². The summed E-state index contributed by atoms with van der Waals surface area (Å²) in [5.41, 5.74) is 2.22. The number of anilines is 2. The van der Waals surface area contributed by atoms with Gasteiger partial charge in [0.1, 0.15) is 11.4 Å². The van der Waals surface area contributed by atoms with E-state index in [1.807, 2.05) is 38.7 Å². The Kier molecular flexibility index (Phi) is 6.40. The van der Waals surface area contributed by atoms with Gasteiger partial charge >= 0.3 is 12.3 Å². The van der Waals surface area contributed by atoms with E-state index in [9.17, 15) is 18.0 Å². The van der Waals surface area contributed by atoms with Crippen LogP contribution in [-0.2, 0) is 23.9 Å². The molecule has 0 unspecified atom stereocenters. The largest absolute Gasteiger partial charge is 0.444 e. The number of rotatable bonds is 2. The molecule has 4 rings (SSSR count). The van der Waals surface area contributed by atoms with Crippen molar-refractivity contribution in [1.82, 2.24) is 9.88 Å². The second-order valence-electron chi connectivity index (χ2n) is 9.96. The first-order chi connectivity index (χ1) is 15.9. The Labute approximate surface area is 198 Å². The lowest BCUT2D eigenvalue weighted by Crippen LogP contribution is -2.55. The first-order valence-corrected chi connectivity index (χ1v) is 11.6. The number of pyridine rings is 1. The molecule has 2 aliphatic rings. The summed E-state index contributed by atoms with van der Waals surface area (Å²) in [4.78, 5) is 22.8. The van der Waals surface area contributed by atoms with Crippen LogP contribution in [0, 0.1) is 0 Å². The van der Waals surface area contributed by atoms with Crippen molar-refractivity contribution in [2.45, 2.75) is 58.5 Å². The van der Waals surface area contributed by atoms with E-state index < -0.39 is 17.3 Å². The Balaban J connectivity index is 1.50. The van der Waals surface area contributed by atoms with Gasteiger partial charge in [0, 0.05) is 50.6 Å². The SMILES string of the molecule is C[C@@H]1CN(c2cccc3c2CN(c2ccc(C(F)(F)F)cn2)CC3)CCN1C(=O)OC(C)(C)C. The molecule has 1 saturated heterocycles. The number of amides is 1. The fourth-order valence-corrected chi connectivity index (χ4v) is 4.56. The molecule has 0 saturated carbocycles. The van der Waals surface area contributed by atoms with Crippen LogP contribution in [0.25, 0.3) is 0 Å². The van der Waals surface area contributed by atoms with Crippen LogP contribution in [-0.4, -0.2) is 53.8 Å². The number of fused-ring (bicyclic) bond motifs is 1. The van der Waals surface area contributed by atoms with Gasteiger partial charge in [-0.05, 0) is 63.4 Å². The summed E-state index contributed by atoms with van der Waals surface area (Å²) in [6.45, 7) is 10.8. The van der Waals surface area contributed by atoms with Gasteiger partial charge in [-0.2, -0.15) is 13.2 Å². The number of piperazine rings is 1. The maximum Gasteiger partial charge on any atom is 0.417 e. The van der Waals surface area contributed by atoms with Crippen molar-refractivity contribution in [1.29, 1.82) is 0 Å². The Morgan fingerprint density at radius 1 is 1.06 bits per heavy atom. The minimum absolute atomic E-state index is 0.0178. The van der Waals surface area contributed by atoms with Crippen molar-refractivity contribution < 1.29 is 22.7 Å². The van der Waals surface area contributed by atoms with Gasteiger partial charge in [0.05, 0.1) is 5.56 Å². The molecule has 0 N–H and O–H groups in total. The zero-order valence-electron chi connectivity index (χ0n) is 20.0. The lowest BCUT2D eigenvalue weighted by atomic mass is 9.96. The van der Waals surface area contributed by atoms with Crippen LogP contribution >= 0.6 is 0 Å². The zero-order chi connectivity index (χ0) is 24.7.